The number of hydrogen-bond acceptors (Lipinski definition) is 6. The van der Waals surface area contributed by atoms with Gasteiger partial charge in [0.25, 0.3) is 0 Å². The molecule has 3 rings (SSSR count). The molecule has 1 aromatic rings. The van der Waals surface area contributed by atoms with Crippen molar-refractivity contribution in [3.05, 3.63) is 0 Å². The standard InChI is InChI=1S/C10H15N5OS/c11-9-12-13-10(17-9)15-5-3-14(4-6-15)8(16)7-1-2-7/h7H,1-6H2,(H2,11,12). The van der Waals surface area contributed by atoms with Crippen molar-refractivity contribution in [1.29, 1.82) is 0 Å². The Bertz CT molecular complexity index is 422. The maximum atomic E-state index is 11.9. The normalized spacial score (nSPS) is 20.7. The molecule has 1 saturated heterocycles. The second kappa shape index (κ2) is 4.14. The summed E-state index contributed by atoms with van der Waals surface area (Å²) in [5.41, 5.74) is 5.56. The summed E-state index contributed by atoms with van der Waals surface area (Å²) in [5, 5.41) is 9.19. The van der Waals surface area contributed by atoms with Crippen LogP contribution in [0, 0.1) is 5.92 Å². The zero-order valence-electron chi connectivity index (χ0n) is 9.50. The lowest BCUT2D eigenvalue weighted by molar-refractivity contribution is -0.132. The van der Waals surface area contributed by atoms with E-state index in [9.17, 15) is 4.79 Å². The molecule has 1 aromatic heterocycles. The van der Waals surface area contributed by atoms with Crippen molar-refractivity contribution in [2.24, 2.45) is 5.92 Å². The first kappa shape index (κ1) is 10.8. The van der Waals surface area contributed by atoms with Gasteiger partial charge in [-0.05, 0) is 12.8 Å². The number of nitrogen functional groups attached to an aromatic ring is 1. The Hall–Kier alpha value is -1.37. The summed E-state index contributed by atoms with van der Waals surface area (Å²) >= 11 is 1.40. The molecule has 1 aliphatic heterocycles. The van der Waals surface area contributed by atoms with Crippen LogP contribution in [0.15, 0.2) is 0 Å². The SMILES string of the molecule is Nc1nnc(N2CCN(C(=O)C3CC3)CC2)s1. The van der Waals surface area contributed by atoms with Crippen LogP contribution in [0.5, 0.6) is 0 Å². The molecule has 7 heteroatoms. The van der Waals surface area contributed by atoms with E-state index in [1.54, 1.807) is 0 Å². The Labute approximate surface area is 103 Å². The largest absolute Gasteiger partial charge is 0.374 e. The molecule has 1 saturated carbocycles. The van der Waals surface area contributed by atoms with Crippen molar-refractivity contribution in [1.82, 2.24) is 15.1 Å². The van der Waals surface area contributed by atoms with Gasteiger partial charge < -0.3 is 15.5 Å². The molecule has 2 N–H and O–H groups in total. The van der Waals surface area contributed by atoms with Gasteiger partial charge >= 0.3 is 0 Å². The maximum Gasteiger partial charge on any atom is 0.225 e. The number of hydrogen-bond donors (Lipinski definition) is 1. The third kappa shape index (κ3) is 2.19. The topological polar surface area (TPSA) is 75.3 Å². The highest BCUT2D eigenvalue weighted by atomic mass is 32.1. The zero-order chi connectivity index (χ0) is 11.8. The Morgan fingerprint density at radius 1 is 1.24 bits per heavy atom. The van der Waals surface area contributed by atoms with Crippen molar-refractivity contribution in [3.8, 4) is 0 Å². The van der Waals surface area contributed by atoms with Gasteiger partial charge in [-0.2, -0.15) is 0 Å². The van der Waals surface area contributed by atoms with Crippen molar-refractivity contribution in [3.63, 3.8) is 0 Å². The first-order valence-electron chi connectivity index (χ1n) is 5.87. The minimum absolute atomic E-state index is 0.318. The van der Waals surface area contributed by atoms with E-state index in [0.29, 0.717) is 17.0 Å². The number of carbonyl (C=O) groups is 1. The molecular weight excluding hydrogens is 238 g/mol. The van der Waals surface area contributed by atoms with Gasteiger partial charge in [-0.3, -0.25) is 4.79 Å². The molecule has 17 heavy (non-hydrogen) atoms. The monoisotopic (exact) mass is 253 g/mol. The Balaban J connectivity index is 1.58. The lowest BCUT2D eigenvalue weighted by Crippen LogP contribution is -2.49. The molecule has 6 nitrogen and oxygen atoms in total. The lowest BCUT2D eigenvalue weighted by atomic mass is 10.3. The van der Waals surface area contributed by atoms with E-state index in [1.807, 2.05) is 4.90 Å². The molecular formula is C10H15N5OS. The highest BCUT2D eigenvalue weighted by Crippen LogP contribution is 2.31. The highest BCUT2D eigenvalue weighted by molar-refractivity contribution is 7.18. The summed E-state index contributed by atoms with van der Waals surface area (Å²) in [6.45, 7) is 3.23. The second-order valence-electron chi connectivity index (χ2n) is 4.51. The summed E-state index contributed by atoms with van der Waals surface area (Å²) in [6.07, 6.45) is 2.15. The van der Waals surface area contributed by atoms with Gasteiger partial charge in [0, 0.05) is 32.1 Å². The van der Waals surface area contributed by atoms with Gasteiger partial charge in [-0.15, -0.1) is 10.2 Å². The van der Waals surface area contributed by atoms with E-state index < -0.39 is 0 Å². The van der Waals surface area contributed by atoms with Crippen molar-refractivity contribution < 1.29 is 4.79 Å². The molecule has 0 atom stereocenters. The molecule has 1 aliphatic carbocycles. The number of anilines is 2. The van der Waals surface area contributed by atoms with Crippen LogP contribution < -0.4 is 10.6 Å². The number of rotatable bonds is 2. The van der Waals surface area contributed by atoms with Crippen LogP contribution in [0.2, 0.25) is 0 Å². The van der Waals surface area contributed by atoms with Crippen LogP contribution in [0.4, 0.5) is 10.3 Å². The average Bonchev–Trinajstić information content (AvgIpc) is 3.11. The molecule has 0 radical (unpaired) electrons. The summed E-state index contributed by atoms with van der Waals surface area (Å²) in [6, 6.07) is 0. The molecule has 0 aromatic carbocycles. The molecule has 92 valence electrons. The van der Waals surface area contributed by atoms with E-state index in [4.69, 9.17) is 5.73 Å². The second-order valence-corrected chi connectivity index (χ2v) is 5.50. The van der Waals surface area contributed by atoms with Gasteiger partial charge in [0.2, 0.25) is 16.2 Å². The fourth-order valence-electron chi connectivity index (χ4n) is 2.06. The first-order valence-corrected chi connectivity index (χ1v) is 6.68. The van der Waals surface area contributed by atoms with Gasteiger partial charge in [-0.25, -0.2) is 0 Å². The Morgan fingerprint density at radius 2 is 1.94 bits per heavy atom. The molecule has 2 heterocycles. The smallest absolute Gasteiger partial charge is 0.225 e. The van der Waals surface area contributed by atoms with Gasteiger partial charge in [-0.1, -0.05) is 11.3 Å². The summed E-state index contributed by atoms with van der Waals surface area (Å²) in [4.78, 5) is 16.0. The summed E-state index contributed by atoms with van der Waals surface area (Å²) in [5.74, 6) is 0.653. The number of aromatic nitrogens is 2. The van der Waals surface area contributed by atoms with Gasteiger partial charge in [0.05, 0.1) is 0 Å². The first-order chi connectivity index (χ1) is 8.24. The number of nitrogens with zero attached hydrogens (tertiary/aromatic N) is 4. The van der Waals surface area contributed by atoms with Crippen LogP contribution in [-0.2, 0) is 4.79 Å². The number of piperazine rings is 1. The maximum absolute atomic E-state index is 11.9. The Kier molecular flexibility index (Phi) is 2.62. The van der Waals surface area contributed by atoms with Crippen LogP contribution in [0.1, 0.15) is 12.8 Å². The number of nitrogens with two attached hydrogens (primary N) is 1. The van der Waals surface area contributed by atoms with Crippen LogP contribution in [0.3, 0.4) is 0 Å². The average molecular weight is 253 g/mol. The highest BCUT2D eigenvalue weighted by Gasteiger charge is 2.34. The minimum Gasteiger partial charge on any atom is -0.374 e. The minimum atomic E-state index is 0.318. The number of carbonyl (C=O) groups excluding carboxylic acids is 1. The quantitative estimate of drug-likeness (QED) is 0.813. The fraction of sp³-hybridized carbons (Fsp3) is 0.700. The molecule has 0 unspecified atom stereocenters. The third-order valence-electron chi connectivity index (χ3n) is 3.22. The summed E-state index contributed by atoms with van der Waals surface area (Å²) < 4.78 is 0. The van der Waals surface area contributed by atoms with Gasteiger partial charge in [0.15, 0.2) is 0 Å². The van der Waals surface area contributed by atoms with Gasteiger partial charge in [0.1, 0.15) is 0 Å². The molecule has 0 spiro atoms. The van der Waals surface area contributed by atoms with E-state index in [1.165, 1.54) is 11.3 Å². The predicted octanol–water partition coefficient (Wildman–Crippen LogP) is 0.179. The van der Waals surface area contributed by atoms with Crippen LogP contribution in [0.25, 0.3) is 0 Å². The van der Waals surface area contributed by atoms with Crippen LogP contribution in [-0.4, -0.2) is 47.2 Å². The number of amides is 1. The lowest BCUT2D eigenvalue weighted by Gasteiger charge is -2.34. The summed E-state index contributed by atoms with van der Waals surface area (Å²) in [7, 11) is 0. The molecule has 0 bridgehead atoms. The van der Waals surface area contributed by atoms with E-state index >= 15 is 0 Å². The van der Waals surface area contributed by atoms with E-state index in [-0.39, 0.29) is 0 Å². The van der Waals surface area contributed by atoms with E-state index in [2.05, 4.69) is 15.1 Å². The van der Waals surface area contributed by atoms with Crippen molar-refractivity contribution in [2.75, 3.05) is 36.8 Å². The Morgan fingerprint density at radius 3 is 2.47 bits per heavy atom. The molecule has 2 fully saturated rings. The van der Waals surface area contributed by atoms with Crippen LogP contribution >= 0.6 is 11.3 Å². The van der Waals surface area contributed by atoms with E-state index in [0.717, 1.165) is 44.2 Å². The third-order valence-corrected chi connectivity index (χ3v) is 4.03. The zero-order valence-corrected chi connectivity index (χ0v) is 10.3. The predicted molar refractivity (Wildman–Crippen MR) is 65.8 cm³/mol. The molecule has 2 aliphatic rings. The fourth-order valence-corrected chi connectivity index (χ4v) is 2.72. The van der Waals surface area contributed by atoms with Crippen molar-refractivity contribution in [2.45, 2.75) is 12.8 Å². The van der Waals surface area contributed by atoms with Crippen molar-refractivity contribution >= 4 is 27.5 Å². The molecule has 1 amide bonds.